The largest absolute Gasteiger partial charge is 0.507 e. The molecule has 0 bridgehead atoms. The van der Waals surface area contributed by atoms with Crippen molar-refractivity contribution >= 4 is 28.8 Å². The van der Waals surface area contributed by atoms with E-state index in [4.69, 9.17) is 4.74 Å². The van der Waals surface area contributed by atoms with E-state index >= 15 is 0 Å². The van der Waals surface area contributed by atoms with Gasteiger partial charge in [0.15, 0.2) is 5.75 Å². The summed E-state index contributed by atoms with van der Waals surface area (Å²) in [5.74, 6) is -3.54. The van der Waals surface area contributed by atoms with Crippen molar-refractivity contribution in [3.05, 3.63) is 99.4 Å². The minimum Gasteiger partial charge on any atom is -0.507 e. The molecule has 3 aromatic rings. The van der Waals surface area contributed by atoms with Crippen molar-refractivity contribution in [2.75, 3.05) is 11.5 Å². The lowest BCUT2D eigenvalue weighted by molar-refractivity contribution is -0.385. The number of aliphatic hydroxyl groups excluding tert-OH is 1. The van der Waals surface area contributed by atoms with Gasteiger partial charge in [-0.2, -0.15) is 0 Å². The normalized spacial score (nSPS) is 17.0. The molecule has 9 nitrogen and oxygen atoms in total. The number of amides is 1. The van der Waals surface area contributed by atoms with Gasteiger partial charge < -0.3 is 14.9 Å². The Morgan fingerprint density at radius 3 is 2.54 bits per heavy atom. The van der Waals surface area contributed by atoms with E-state index in [2.05, 4.69) is 0 Å². The van der Waals surface area contributed by atoms with Gasteiger partial charge in [0.25, 0.3) is 11.7 Å². The quantitative estimate of drug-likeness (QED) is 0.176. The number of phenolic OH excluding ortho intramolecular Hbond substituents is 1. The van der Waals surface area contributed by atoms with Gasteiger partial charge in [0.2, 0.25) is 0 Å². The summed E-state index contributed by atoms with van der Waals surface area (Å²) in [5.41, 5.74) is -0.777. The number of aliphatic hydroxyl groups is 1. The number of nitro benzene ring substituents is 1. The number of ketones is 1. The number of hydrogen-bond acceptors (Lipinski definition) is 7. The summed E-state index contributed by atoms with van der Waals surface area (Å²) in [6, 6.07) is 13.1. The van der Waals surface area contributed by atoms with Gasteiger partial charge in [-0.1, -0.05) is 24.3 Å². The molecule has 0 aromatic heterocycles. The third kappa shape index (κ3) is 4.29. The highest BCUT2D eigenvalue weighted by Gasteiger charge is 2.47. The number of hydrogen-bond donors (Lipinski definition) is 2. The SMILES string of the molecule is CCOc1cccc(/C(O)=C2/C(=O)C(=O)N(c3cccc(F)c3)C2c2ccc(O)c([N+](=O)[O-])c2)c1. The summed E-state index contributed by atoms with van der Waals surface area (Å²) in [6.07, 6.45) is 0. The molecule has 2 N–H and O–H groups in total. The highest BCUT2D eigenvalue weighted by atomic mass is 19.1. The second-order valence-electron chi connectivity index (χ2n) is 7.62. The van der Waals surface area contributed by atoms with Gasteiger partial charge in [-0.3, -0.25) is 24.6 Å². The molecule has 0 spiro atoms. The molecule has 1 saturated heterocycles. The van der Waals surface area contributed by atoms with E-state index < -0.39 is 45.7 Å². The number of Topliss-reactive ketones (excluding diaryl/α,β-unsaturated/α-hetero) is 1. The van der Waals surface area contributed by atoms with Gasteiger partial charge in [0.05, 0.1) is 23.1 Å². The summed E-state index contributed by atoms with van der Waals surface area (Å²) in [7, 11) is 0. The van der Waals surface area contributed by atoms with Crippen LogP contribution in [0.15, 0.2) is 72.3 Å². The Morgan fingerprint density at radius 2 is 1.86 bits per heavy atom. The number of carbonyl (C=O) groups is 2. The van der Waals surface area contributed by atoms with Crippen LogP contribution in [0.25, 0.3) is 5.76 Å². The first kappa shape index (κ1) is 23.4. The molecule has 0 saturated carbocycles. The average Bonchev–Trinajstić information content (AvgIpc) is 3.09. The lowest BCUT2D eigenvalue weighted by Crippen LogP contribution is -2.29. The fourth-order valence-electron chi connectivity index (χ4n) is 3.95. The van der Waals surface area contributed by atoms with Gasteiger partial charge in [-0.25, -0.2) is 4.39 Å². The predicted octanol–water partition coefficient (Wildman–Crippen LogP) is 4.46. The molecule has 1 heterocycles. The maximum absolute atomic E-state index is 14.0. The van der Waals surface area contributed by atoms with Crippen LogP contribution in [0.1, 0.15) is 24.1 Å². The monoisotopic (exact) mass is 478 g/mol. The molecule has 0 aliphatic carbocycles. The Hall–Kier alpha value is -4.73. The predicted molar refractivity (Wildman–Crippen MR) is 124 cm³/mol. The first-order valence-corrected chi connectivity index (χ1v) is 10.5. The van der Waals surface area contributed by atoms with E-state index in [1.807, 2.05) is 0 Å². The fraction of sp³-hybridized carbons (Fsp3) is 0.120. The molecule has 1 amide bonds. The van der Waals surface area contributed by atoms with Crippen molar-refractivity contribution in [3.8, 4) is 11.5 Å². The summed E-state index contributed by atoms with van der Waals surface area (Å²) in [4.78, 5) is 37.8. The Labute approximate surface area is 198 Å². The Bertz CT molecular complexity index is 1390. The van der Waals surface area contributed by atoms with E-state index in [1.165, 1.54) is 30.3 Å². The van der Waals surface area contributed by atoms with Crippen LogP contribution < -0.4 is 9.64 Å². The molecule has 1 fully saturated rings. The van der Waals surface area contributed by atoms with E-state index in [0.29, 0.717) is 12.4 Å². The number of nitrogens with zero attached hydrogens (tertiary/aromatic N) is 2. The molecule has 1 unspecified atom stereocenters. The molecule has 1 aliphatic heterocycles. The van der Waals surface area contributed by atoms with Crippen LogP contribution >= 0.6 is 0 Å². The van der Waals surface area contributed by atoms with Gasteiger partial charge in [-0.05, 0) is 48.9 Å². The van der Waals surface area contributed by atoms with E-state index in [0.717, 1.165) is 29.2 Å². The van der Waals surface area contributed by atoms with Gasteiger partial charge in [0.1, 0.15) is 17.3 Å². The number of halogens is 1. The third-order valence-electron chi connectivity index (χ3n) is 5.46. The van der Waals surface area contributed by atoms with Crippen LogP contribution in [0.5, 0.6) is 11.5 Å². The maximum atomic E-state index is 14.0. The van der Waals surface area contributed by atoms with E-state index in [9.17, 15) is 34.3 Å². The number of carbonyl (C=O) groups excluding carboxylic acids is 2. The first-order chi connectivity index (χ1) is 16.7. The minimum atomic E-state index is -1.34. The Balaban J connectivity index is 1.97. The molecular weight excluding hydrogens is 459 g/mol. The standard InChI is InChI=1S/C25H19FN2O7/c1-2-35-18-8-3-5-15(11-18)23(30)21-22(14-9-10-20(29)19(12-14)28(33)34)27(25(32)24(21)31)17-7-4-6-16(26)13-17/h3-13,22,29-30H,2H2,1H3/b23-21-. The van der Waals surface area contributed by atoms with Crippen LogP contribution in [-0.2, 0) is 9.59 Å². The molecule has 10 heteroatoms. The second-order valence-corrected chi connectivity index (χ2v) is 7.62. The van der Waals surface area contributed by atoms with Crippen molar-refractivity contribution in [2.45, 2.75) is 13.0 Å². The highest BCUT2D eigenvalue weighted by molar-refractivity contribution is 6.51. The topological polar surface area (TPSA) is 130 Å². The zero-order valence-electron chi connectivity index (χ0n) is 18.3. The zero-order valence-corrected chi connectivity index (χ0v) is 18.3. The number of phenols is 1. The Morgan fingerprint density at radius 1 is 1.11 bits per heavy atom. The molecule has 4 rings (SSSR count). The van der Waals surface area contributed by atoms with Crippen molar-refractivity contribution in [1.82, 2.24) is 0 Å². The summed E-state index contributed by atoms with van der Waals surface area (Å²) >= 11 is 0. The highest BCUT2D eigenvalue weighted by Crippen LogP contribution is 2.44. The summed E-state index contributed by atoms with van der Waals surface area (Å²) in [5, 5.41) is 32.5. The molecule has 1 atom stereocenters. The number of ether oxygens (including phenoxy) is 1. The molecule has 0 radical (unpaired) electrons. The number of rotatable bonds is 6. The van der Waals surface area contributed by atoms with Crippen LogP contribution in [0.2, 0.25) is 0 Å². The van der Waals surface area contributed by atoms with Crippen molar-refractivity contribution < 1.29 is 33.9 Å². The summed E-state index contributed by atoms with van der Waals surface area (Å²) in [6.45, 7) is 2.13. The lowest BCUT2D eigenvalue weighted by atomic mass is 9.94. The lowest BCUT2D eigenvalue weighted by Gasteiger charge is -2.25. The van der Waals surface area contributed by atoms with Crippen LogP contribution in [0.4, 0.5) is 15.8 Å². The number of nitro groups is 1. The van der Waals surface area contributed by atoms with Crippen molar-refractivity contribution in [1.29, 1.82) is 0 Å². The first-order valence-electron chi connectivity index (χ1n) is 10.5. The van der Waals surface area contributed by atoms with Crippen LogP contribution in [0, 0.1) is 15.9 Å². The van der Waals surface area contributed by atoms with Gasteiger partial charge in [0, 0.05) is 17.3 Å². The average molecular weight is 478 g/mol. The molecular formula is C25H19FN2O7. The smallest absolute Gasteiger partial charge is 0.311 e. The second kappa shape index (κ2) is 9.26. The minimum absolute atomic E-state index is 0.00921. The fourth-order valence-corrected chi connectivity index (χ4v) is 3.95. The summed E-state index contributed by atoms with van der Waals surface area (Å²) < 4.78 is 19.5. The van der Waals surface area contributed by atoms with Crippen LogP contribution in [0.3, 0.4) is 0 Å². The molecule has 178 valence electrons. The molecule has 35 heavy (non-hydrogen) atoms. The van der Waals surface area contributed by atoms with Crippen molar-refractivity contribution in [2.24, 2.45) is 0 Å². The van der Waals surface area contributed by atoms with Gasteiger partial charge in [-0.15, -0.1) is 0 Å². The molecule has 1 aliphatic rings. The van der Waals surface area contributed by atoms with E-state index in [-0.39, 0.29) is 22.4 Å². The number of anilines is 1. The maximum Gasteiger partial charge on any atom is 0.311 e. The van der Waals surface area contributed by atoms with E-state index in [1.54, 1.807) is 19.1 Å². The number of aromatic hydroxyl groups is 1. The van der Waals surface area contributed by atoms with Gasteiger partial charge >= 0.3 is 5.69 Å². The van der Waals surface area contributed by atoms with Crippen LogP contribution in [-0.4, -0.2) is 33.4 Å². The Kier molecular flexibility index (Phi) is 6.20. The third-order valence-corrected chi connectivity index (χ3v) is 5.46. The van der Waals surface area contributed by atoms with Crippen molar-refractivity contribution in [3.63, 3.8) is 0 Å². The number of benzene rings is 3. The zero-order chi connectivity index (χ0) is 25.3. The molecule has 3 aromatic carbocycles.